The number of fused-ring (bicyclic) bond motifs is 1. The number of nitrogens with zero attached hydrogens (tertiary/aromatic N) is 4. The average molecular weight is 379 g/mol. The van der Waals surface area contributed by atoms with Crippen LogP contribution in [0.4, 0.5) is 5.95 Å². The van der Waals surface area contributed by atoms with Gasteiger partial charge < -0.3 is 5.32 Å². The van der Waals surface area contributed by atoms with Gasteiger partial charge >= 0.3 is 0 Å². The molecule has 0 aliphatic carbocycles. The van der Waals surface area contributed by atoms with Crippen LogP contribution in [0.3, 0.4) is 0 Å². The Balaban J connectivity index is 1.65. The molecule has 0 aliphatic heterocycles. The van der Waals surface area contributed by atoms with Crippen molar-refractivity contribution in [3.63, 3.8) is 0 Å². The number of aromatic nitrogens is 4. The van der Waals surface area contributed by atoms with E-state index >= 15 is 0 Å². The molecule has 8 heteroatoms. The minimum atomic E-state index is -3.22. The fourth-order valence-electron chi connectivity index (χ4n) is 2.77. The molecule has 0 bridgehead atoms. The van der Waals surface area contributed by atoms with Crippen LogP contribution in [0.25, 0.3) is 16.8 Å². The lowest BCUT2D eigenvalue weighted by molar-refractivity contribution is 0.602. The molecule has 0 unspecified atom stereocenters. The second kappa shape index (κ2) is 6.81. The van der Waals surface area contributed by atoms with Crippen molar-refractivity contribution in [2.75, 3.05) is 11.6 Å². The molecule has 3 heterocycles. The highest BCUT2D eigenvalue weighted by Crippen LogP contribution is 2.25. The fraction of sp³-hybridized carbons (Fsp3) is 0.105. The predicted molar refractivity (Wildman–Crippen MR) is 103 cm³/mol. The van der Waals surface area contributed by atoms with Crippen LogP contribution in [0.15, 0.2) is 72.0 Å². The first-order valence-corrected chi connectivity index (χ1v) is 10.2. The molecule has 27 heavy (non-hydrogen) atoms. The van der Waals surface area contributed by atoms with Gasteiger partial charge in [0.05, 0.1) is 4.90 Å². The summed E-state index contributed by atoms with van der Waals surface area (Å²) in [5, 5.41) is 7.64. The van der Waals surface area contributed by atoms with Crippen LogP contribution in [0.5, 0.6) is 0 Å². The van der Waals surface area contributed by atoms with Gasteiger partial charge in [0.25, 0.3) is 0 Å². The zero-order valence-electron chi connectivity index (χ0n) is 14.6. The lowest BCUT2D eigenvalue weighted by Gasteiger charge is -2.04. The smallest absolute Gasteiger partial charge is 0.243 e. The van der Waals surface area contributed by atoms with Crippen molar-refractivity contribution >= 4 is 21.4 Å². The second-order valence-electron chi connectivity index (χ2n) is 6.14. The van der Waals surface area contributed by atoms with Crippen LogP contribution < -0.4 is 5.32 Å². The number of anilines is 1. The molecule has 0 saturated heterocycles. The molecule has 0 saturated carbocycles. The predicted octanol–water partition coefficient (Wildman–Crippen LogP) is 2.81. The summed E-state index contributed by atoms with van der Waals surface area (Å²) >= 11 is 0. The zero-order valence-corrected chi connectivity index (χ0v) is 15.4. The molecule has 136 valence electrons. The van der Waals surface area contributed by atoms with Gasteiger partial charge in [0.2, 0.25) is 5.95 Å². The summed E-state index contributed by atoms with van der Waals surface area (Å²) in [6.45, 7) is 0.573. The highest BCUT2D eigenvalue weighted by molar-refractivity contribution is 7.90. The van der Waals surface area contributed by atoms with Gasteiger partial charge in [-0.05, 0) is 41.5 Å². The minimum absolute atomic E-state index is 0.290. The molecule has 0 radical (unpaired) electrons. The Morgan fingerprint density at radius 2 is 1.89 bits per heavy atom. The standard InChI is InChI=1S/C19H17N5O2S/c1-27(25,26)16-8-6-15(7-9-16)17-5-3-11-24-18(17)22-19(23-24)21-13-14-4-2-10-20-12-14/h2-12H,13H2,1H3,(H,21,23). The van der Waals surface area contributed by atoms with Crippen molar-refractivity contribution in [2.45, 2.75) is 11.4 Å². The van der Waals surface area contributed by atoms with Crippen molar-refractivity contribution in [3.8, 4) is 11.1 Å². The van der Waals surface area contributed by atoms with Crippen LogP contribution in [0.2, 0.25) is 0 Å². The lowest BCUT2D eigenvalue weighted by atomic mass is 10.1. The number of hydrogen-bond acceptors (Lipinski definition) is 6. The number of benzene rings is 1. The van der Waals surface area contributed by atoms with Crippen LogP contribution in [-0.4, -0.2) is 34.3 Å². The molecule has 3 aromatic heterocycles. The molecule has 0 fully saturated rings. The maximum absolute atomic E-state index is 11.6. The zero-order chi connectivity index (χ0) is 18.9. The van der Waals surface area contributed by atoms with Crippen LogP contribution in [0.1, 0.15) is 5.56 Å². The summed E-state index contributed by atoms with van der Waals surface area (Å²) in [7, 11) is -3.22. The first-order chi connectivity index (χ1) is 13.0. The van der Waals surface area contributed by atoms with E-state index < -0.39 is 9.84 Å². The van der Waals surface area contributed by atoms with E-state index in [0.717, 1.165) is 16.7 Å². The summed E-state index contributed by atoms with van der Waals surface area (Å²) in [4.78, 5) is 8.96. The molecule has 7 nitrogen and oxygen atoms in total. The van der Waals surface area contributed by atoms with Crippen LogP contribution in [-0.2, 0) is 16.4 Å². The maximum Gasteiger partial charge on any atom is 0.243 e. The van der Waals surface area contributed by atoms with E-state index in [1.165, 1.54) is 6.26 Å². The van der Waals surface area contributed by atoms with Gasteiger partial charge in [0.1, 0.15) is 0 Å². The number of nitrogens with one attached hydrogen (secondary N) is 1. The quantitative estimate of drug-likeness (QED) is 0.574. The first kappa shape index (κ1) is 17.2. The summed E-state index contributed by atoms with van der Waals surface area (Å²) < 4.78 is 25.0. The summed E-state index contributed by atoms with van der Waals surface area (Å²) in [6, 6.07) is 14.4. The highest BCUT2D eigenvalue weighted by atomic mass is 32.2. The molecule has 1 N–H and O–H groups in total. The number of sulfone groups is 1. The third-order valence-electron chi connectivity index (χ3n) is 4.13. The fourth-order valence-corrected chi connectivity index (χ4v) is 3.40. The number of rotatable bonds is 5. The van der Waals surface area contributed by atoms with Gasteiger partial charge in [-0.1, -0.05) is 18.2 Å². The molecular formula is C19H17N5O2S. The summed E-state index contributed by atoms with van der Waals surface area (Å²) in [6.07, 6.45) is 6.54. The van der Waals surface area contributed by atoms with Crippen molar-refractivity contribution in [3.05, 3.63) is 72.7 Å². The maximum atomic E-state index is 11.6. The second-order valence-corrected chi connectivity index (χ2v) is 8.15. The van der Waals surface area contributed by atoms with E-state index in [-0.39, 0.29) is 0 Å². The topological polar surface area (TPSA) is 89.2 Å². The summed E-state index contributed by atoms with van der Waals surface area (Å²) in [5.41, 5.74) is 3.48. The molecular weight excluding hydrogens is 362 g/mol. The van der Waals surface area contributed by atoms with Crippen molar-refractivity contribution in [1.82, 2.24) is 19.6 Å². The summed E-state index contributed by atoms with van der Waals surface area (Å²) in [5.74, 6) is 0.513. The molecule has 0 amide bonds. The van der Waals surface area contributed by atoms with E-state index in [2.05, 4.69) is 20.4 Å². The van der Waals surface area contributed by atoms with Crippen LogP contribution >= 0.6 is 0 Å². The van der Waals surface area contributed by atoms with Gasteiger partial charge in [-0.25, -0.2) is 12.9 Å². The van der Waals surface area contributed by atoms with E-state index in [4.69, 9.17) is 0 Å². The van der Waals surface area contributed by atoms with E-state index in [0.29, 0.717) is 23.0 Å². The van der Waals surface area contributed by atoms with E-state index in [1.807, 2.05) is 30.5 Å². The van der Waals surface area contributed by atoms with Crippen LogP contribution in [0, 0.1) is 0 Å². The Hall–Kier alpha value is -3.26. The van der Waals surface area contributed by atoms with Gasteiger partial charge in [-0.15, -0.1) is 5.10 Å². The van der Waals surface area contributed by atoms with Crippen molar-refractivity contribution in [1.29, 1.82) is 0 Å². The SMILES string of the molecule is CS(=O)(=O)c1ccc(-c2cccn3nc(NCc4cccnc4)nc23)cc1. The number of hydrogen-bond donors (Lipinski definition) is 1. The third kappa shape index (κ3) is 3.65. The largest absolute Gasteiger partial charge is 0.349 e. The van der Waals surface area contributed by atoms with Gasteiger partial charge in [-0.2, -0.15) is 4.98 Å². The molecule has 4 rings (SSSR count). The monoisotopic (exact) mass is 379 g/mol. The van der Waals surface area contributed by atoms with Gasteiger partial charge in [0, 0.05) is 37.0 Å². The number of pyridine rings is 2. The minimum Gasteiger partial charge on any atom is -0.349 e. The highest BCUT2D eigenvalue weighted by Gasteiger charge is 2.11. The van der Waals surface area contributed by atoms with E-state index in [1.54, 1.807) is 41.2 Å². The molecule has 1 aromatic carbocycles. The normalized spacial score (nSPS) is 11.6. The van der Waals surface area contributed by atoms with Gasteiger partial charge in [0.15, 0.2) is 15.5 Å². The molecule has 0 atom stereocenters. The van der Waals surface area contributed by atoms with Crippen molar-refractivity contribution < 1.29 is 8.42 Å². The Morgan fingerprint density at radius 1 is 1.07 bits per heavy atom. The van der Waals surface area contributed by atoms with Crippen molar-refractivity contribution in [2.24, 2.45) is 0 Å². The molecule has 4 aromatic rings. The third-order valence-corrected chi connectivity index (χ3v) is 5.26. The molecule has 0 spiro atoms. The Labute approximate surface area is 156 Å². The average Bonchev–Trinajstić information content (AvgIpc) is 3.10. The Kier molecular flexibility index (Phi) is 4.33. The lowest BCUT2D eigenvalue weighted by Crippen LogP contribution is -2.01. The first-order valence-electron chi connectivity index (χ1n) is 8.29. The Morgan fingerprint density at radius 3 is 2.59 bits per heavy atom. The molecule has 0 aliphatic rings. The van der Waals surface area contributed by atoms with Gasteiger partial charge in [-0.3, -0.25) is 4.98 Å². The van der Waals surface area contributed by atoms with E-state index in [9.17, 15) is 8.42 Å². The Bertz CT molecular complexity index is 1190.